The number of alkyl halides is 2. The van der Waals surface area contributed by atoms with Crippen LogP contribution in [0, 0.1) is 0 Å². The van der Waals surface area contributed by atoms with Crippen molar-refractivity contribution in [2.24, 2.45) is 0 Å². The van der Waals surface area contributed by atoms with Gasteiger partial charge in [0.25, 0.3) is 0 Å². The quantitative estimate of drug-likeness (QED) is 0.488. The van der Waals surface area contributed by atoms with Crippen LogP contribution in [0.25, 0.3) is 0 Å². The van der Waals surface area contributed by atoms with Gasteiger partial charge in [0, 0.05) is 5.33 Å². The zero-order valence-corrected chi connectivity index (χ0v) is 4.63. The highest BCUT2D eigenvalue weighted by molar-refractivity contribution is 9.09. The molecule has 0 rings (SSSR count). The molecule has 0 N–H and O–H groups in total. The predicted molar refractivity (Wildman–Crippen MR) is 24.4 cm³/mol. The summed E-state index contributed by atoms with van der Waals surface area (Å²) in [6.45, 7) is 1.51. The molecule has 0 saturated heterocycles. The average molecular weight is 141 g/mol. The lowest BCUT2D eigenvalue weighted by atomic mass is 10.5. The van der Waals surface area contributed by atoms with Gasteiger partial charge in [0.2, 0.25) is 0 Å². The molecule has 2 heteroatoms. The third-order valence-electron chi connectivity index (χ3n) is 0.213. The smallest absolute Gasteiger partial charge is 0.107 e. The SMILES string of the molecule is C[C@@H](F)CBr. The van der Waals surface area contributed by atoms with E-state index in [1.165, 1.54) is 6.92 Å². The molecule has 5 heavy (non-hydrogen) atoms. The van der Waals surface area contributed by atoms with Crippen LogP contribution in [0.4, 0.5) is 4.39 Å². The standard InChI is InChI=1S/C3H6BrF/c1-3(5)2-4/h3H,2H2,1H3/t3-/m1/s1. The fraction of sp³-hybridized carbons (Fsp3) is 1.00. The Hall–Kier alpha value is 0.410. The summed E-state index contributed by atoms with van der Waals surface area (Å²) < 4.78 is 11.4. The van der Waals surface area contributed by atoms with Gasteiger partial charge in [-0.1, -0.05) is 15.9 Å². The van der Waals surface area contributed by atoms with E-state index in [4.69, 9.17) is 0 Å². The maximum absolute atomic E-state index is 11.4. The Labute approximate surface area is 39.5 Å². The molecule has 0 fully saturated rings. The number of halogens is 2. The second-order valence-electron chi connectivity index (χ2n) is 0.935. The second kappa shape index (κ2) is 2.64. The second-order valence-corrected chi connectivity index (χ2v) is 1.58. The van der Waals surface area contributed by atoms with Crippen molar-refractivity contribution < 1.29 is 4.39 Å². The van der Waals surface area contributed by atoms with Crippen molar-refractivity contribution in [1.82, 2.24) is 0 Å². The molecule has 0 spiro atoms. The number of hydrogen-bond donors (Lipinski definition) is 0. The normalized spacial score (nSPS) is 15.0. The summed E-state index contributed by atoms with van der Waals surface area (Å²) in [6.07, 6.45) is -0.699. The van der Waals surface area contributed by atoms with Gasteiger partial charge in [-0.05, 0) is 6.92 Å². The summed E-state index contributed by atoms with van der Waals surface area (Å²) in [6, 6.07) is 0. The van der Waals surface area contributed by atoms with E-state index in [0.717, 1.165) is 0 Å². The zero-order valence-electron chi connectivity index (χ0n) is 3.04. The molecule has 0 aliphatic rings. The first-order chi connectivity index (χ1) is 2.27. The molecule has 32 valence electrons. The van der Waals surface area contributed by atoms with Gasteiger partial charge in [0.1, 0.15) is 6.17 Å². The van der Waals surface area contributed by atoms with Gasteiger partial charge >= 0.3 is 0 Å². The molecule has 0 nitrogen and oxygen atoms in total. The highest BCUT2D eigenvalue weighted by Gasteiger charge is 1.87. The molecular formula is C3H6BrF. The Bertz CT molecular complexity index is 20.9. The fourth-order valence-corrected chi connectivity index (χ4v) is 0. The monoisotopic (exact) mass is 140 g/mol. The summed E-state index contributed by atoms with van der Waals surface area (Å²) in [5.41, 5.74) is 0. The Morgan fingerprint density at radius 3 is 2.20 bits per heavy atom. The summed E-state index contributed by atoms with van der Waals surface area (Å²) in [7, 11) is 0. The Morgan fingerprint density at radius 2 is 2.20 bits per heavy atom. The first kappa shape index (κ1) is 5.41. The van der Waals surface area contributed by atoms with Crippen molar-refractivity contribution in [3.63, 3.8) is 0 Å². The van der Waals surface area contributed by atoms with E-state index in [1.54, 1.807) is 0 Å². The van der Waals surface area contributed by atoms with Crippen LogP contribution in [-0.4, -0.2) is 11.5 Å². The van der Waals surface area contributed by atoms with Crippen LogP contribution in [0.1, 0.15) is 6.92 Å². The van der Waals surface area contributed by atoms with E-state index in [1.807, 2.05) is 0 Å². The highest BCUT2D eigenvalue weighted by atomic mass is 79.9. The van der Waals surface area contributed by atoms with Crippen molar-refractivity contribution in [3.8, 4) is 0 Å². The van der Waals surface area contributed by atoms with Crippen LogP contribution >= 0.6 is 15.9 Å². The minimum Gasteiger partial charge on any atom is -0.247 e. The van der Waals surface area contributed by atoms with Crippen molar-refractivity contribution >= 4 is 15.9 Å². The van der Waals surface area contributed by atoms with E-state index in [2.05, 4.69) is 15.9 Å². The van der Waals surface area contributed by atoms with Crippen molar-refractivity contribution in [2.45, 2.75) is 13.1 Å². The van der Waals surface area contributed by atoms with E-state index in [0.29, 0.717) is 5.33 Å². The Morgan fingerprint density at radius 1 is 2.00 bits per heavy atom. The van der Waals surface area contributed by atoms with Crippen LogP contribution in [0.5, 0.6) is 0 Å². The van der Waals surface area contributed by atoms with Crippen LogP contribution < -0.4 is 0 Å². The van der Waals surface area contributed by atoms with Crippen LogP contribution in [0.2, 0.25) is 0 Å². The van der Waals surface area contributed by atoms with E-state index >= 15 is 0 Å². The molecule has 0 heterocycles. The Balaban J connectivity index is 2.54. The molecule has 0 saturated carbocycles. The molecule has 0 bridgehead atoms. The summed E-state index contributed by atoms with van der Waals surface area (Å²) in [5, 5.41) is 0.451. The van der Waals surface area contributed by atoms with Crippen LogP contribution in [0.3, 0.4) is 0 Å². The zero-order chi connectivity index (χ0) is 4.28. The lowest BCUT2D eigenvalue weighted by Gasteiger charge is -1.84. The van der Waals surface area contributed by atoms with Crippen LogP contribution in [0.15, 0.2) is 0 Å². The molecule has 0 aromatic heterocycles. The maximum Gasteiger partial charge on any atom is 0.107 e. The molecule has 0 aliphatic carbocycles. The molecule has 0 aromatic rings. The summed E-state index contributed by atoms with van der Waals surface area (Å²) >= 11 is 2.94. The lowest BCUT2D eigenvalue weighted by molar-refractivity contribution is 0.400. The summed E-state index contributed by atoms with van der Waals surface area (Å²) in [4.78, 5) is 0. The van der Waals surface area contributed by atoms with Crippen LogP contribution in [-0.2, 0) is 0 Å². The van der Waals surface area contributed by atoms with E-state index < -0.39 is 6.17 Å². The van der Waals surface area contributed by atoms with Gasteiger partial charge in [-0.15, -0.1) is 0 Å². The molecule has 0 amide bonds. The minimum absolute atomic E-state index is 0.451. The Kier molecular flexibility index (Phi) is 2.85. The molecule has 0 unspecified atom stereocenters. The summed E-state index contributed by atoms with van der Waals surface area (Å²) in [5.74, 6) is 0. The van der Waals surface area contributed by atoms with E-state index in [9.17, 15) is 4.39 Å². The largest absolute Gasteiger partial charge is 0.247 e. The number of rotatable bonds is 1. The van der Waals surface area contributed by atoms with Gasteiger partial charge in [0.05, 0.1) is 0 Å². The van der Waals surface area contributed by atoms with Gasteiger partial charge in [-0.25, -0.2) is 4.39 Å². The minimum atomic E-state index is -0.699. The molecule has 0 aromatic carbocycles. The molecule has 0 radical (unpaired) electrons. The predicted octanol–water partition coefficient (Wildman–Crippen LogP) is 1.74. The lowest BCUT2D eigenvalue weighted by Crippen LogP contribution is -1.89. The topological polar surface area (TPSA) is 0 Å². The average Bonchev–Trinajstić information content (AvgIpc) is 1.38. The van der Waals surface area contributed by atoms with Crippen molar-refractivity contribution in [3.05, 3.63) is 0 Å². The van der Waals surface area contributed by atoms with Gasteiger partial charge in [0.15, 0.2) is 0 Å². The first-order valence-corrected chi connectivity index (χ1v) is 2.59. The maximum atomic E-state index is 11.4. The van der Waals surface area contributed by atoms with E-state index in [-0.39, 0.29) is 0 Å². The van der Waals surface area contributed by atoms with Gasteiger partial charge in [-0.2, -0.15) is 0 Å². The van der Waals surface area contributed by atoms with Crippen molar-refractivity contribution in [2.75, 3.05) is 5.33 Å². The molecule has 1 atom stereocenters. The third-order valence-corrected chi connectivity index (χ3v) is 1.10. The van der Waals surface area contributed by atoms with Gasteiger partial charge < -0.3 is 0 Å². The third kappa shape index (κ3) is 4.41. The molecular weight excluding hydrogens is 135 g/mol. The van der Waals surface area contributed by atoms with Crippen molar-refractivity contribution in [1.29, 1.82) is 0 Å². The first-order valence-electron chi connectivity index (χ1n) is 1.47. The molecule has 0 aliphatic heterocycles. The highest BCUT2D eigenvalue weighted by Crippen LogP contribution is 1.90. The number of hydrogen-bond acceptors (Lipinski definition) is 0. The van der Waals surface area contributed by atoms with Gasteiger partial charge in [-0.3, -0.25) is 0 Å². The fourth-order valence-electron chi connectivity index (χ4n) is 0.